The molecule has 0 bridgehead atoms. The smallest absolute Gasteiger partial charge is 0.282 e. The molecule has 1 N–H and O–H groups in total. The van der Waals surface area contributed by atoms with Crippen LogP contribution in [0.5, 0.6) is 0 Å². The summed E-state index contributed by atoms with van der Waals surface area (Å²) >= 11 is 1.42. The van der Waals surface area contributed by atoms with E-state index in [-0.39, 0.29) is 4.90 Å². The molecule has 0 unspecified atom stereocenters. The molecule has 0 aliphatic rings. The lowest BCUT2D eigenvalue weighted by Crippen LogP contribution is -2.04. The van der Waals surface area contributed by atoms with Gasteiger partial charge in [0.2, 0.25) is 0 Å². The molecule has 0 fully saturated rings. The molecule has 15 heavy (non-hydrogen) atoms. The topological polar surface area (TPSA) is 54.4 Å². The van der Waals surface area contributed by atoms with Crippen LogP contribution in [0.1, 0.15) is 19.4 Å². The fourth-order valence-corrected chi connectivity index (χ4v) is 3.51. The molecule has 5 heteroatoms. The Morgan fingerprint density at radius 1 is 1.33 bits per heavy atom. The average molecular weight is 246 g/mol. The Balaban J connectivity index is 3.41. The standard InChI is InChI=1S/C10H14O3S2/c1-3-8-6-5-7-9(14-4-2)10(8)15(11,12)13/h5-7H,3-4H2,1-2H3,(H,11,12,13). The normalized spacial score (nSPS) is 11.7. The molecular weight excluding hydrogens is 232 g/mol. The lowest BCUT2D eigenvalue weighted by Gasteiger charge is -2.09. The minimum Gasteiger partial charge on any atom is -0.282 e. The summed E-state index contributed by atoms with van der Waals surface area (Å²) in [6.07, 6.45) is 0.591. The SMILES string of the molecule is CCSc1cccc(CC)c1S(=O)(=O)O. The van der Waals surface area contributed by atoms with E-state index in [0.717, 1.165) is 5.75 Å². The van der Waals surface area contributed by atoms with Gasteiger partial charge < -0.3 is 0 Å². The van der Waals surface area contributed by atoms with Crippen molar-refractivity contribution in [2.75, 3.05) is 5.75 Å². The van der Waals surface area contributed by atoms with E-state index in [0.29, 0.717) is 16.9 Å². The van der Waals surface area contributed by atoms with Crippen LogP contribution in [0, 0.1) is 0 Å². The molecule has 0 spiro atoms. The second-order valence-corrected chi connectivity index (χ2v) is 5.67. The van der Waals surface area contributed by atoms with Crippen LogP contribution in [-0.2, 0) is 16.5 Å². The van der Waals surface area contributed by atoms with E-state index in [2.05, 4.69) is 0 Å². The van der Waals surface area contributed by atoms with Crippen molar-refractivity contribution < 1.29 is 13.0 Å². The van der Waals surface area contributed by atoms with Crippen molar-refractivity contribution in [2.45, 2.75) is 30.1 Å². The monoisotopic (exact) mass is 246 g/mol. The van der Waals surface area contributed by atoms with Crippen molar-refractivity contribution in [1.82, 2.24) is 0 Å². The largest absolute Gasteiger partial charge is 0.295 e. The highest BCUT2D eigenvalue weighted by Crippen LogP contribution is 2.29. The number of hydrogen-bond acceptors (Lipinski definition) is 3. The van der Waals surface area contributed by atoms with Gasteiger partial charge in [-0.1, -0.05) is 26.0 Å². The van der Waals surface area contributed by atoms with Gasteiger partial charge in [0.05, 0.1) is 0 Å². The van der Waals surface area contributed by atoms with Crippen LogP contribution in [-0.4, -0.2) is 18.7 Å². The fourth-order valence-electron chi connectivity index (χ4n) is 1.40. The van der Waals surface area contributed by atoms with Crippen LogP contribution in [0.2, 0.25) is 0 Å². The molecule has 0 aliphatic carbocycles. The zero-order valence-electron chi connectivity index (χ0n) is 8.73. The minimum atomic E-state index is -4.12. The van der Waals surface area contributed by atoms with Gasteiger partial charge in [0.15, 0.2) is 0 Å². The van der Waals surface area contributed by atoms with E-state index < -0.39 is 10.1 Å². The minimum absolute atomic E-state index is 0.0688. The lowest BCUT2D eigenvalue weighted by molar-refractivity contribution is 0.480. The van der Waals surface area contributed by atoms with Crippen LogP contribution >= 0.6 is 11.8 Å². The second kappa shape index (κ2) is 5.01. The molecule has 0 amide bonds. The third-order valence-electron chi connectivity index (χ3n) is 2.00. The molecule has 0 saturated carbocycles. The van der Waals surface area contributed by atoms with Crippen molar-refractivity contribution in [3.8, 4) is 0 Å². The van der Waals surface area contributed by atoms with E-state index in [4.69, 9.17) is 4.55 Å². The van der Waals surface area contributed by atoms with Gasteiger partial charge in [-0.25, -0.2) is 0 Å². The van der Waals surface area contributed by atoms with E-state index in [1.165, 1.54) is 11.8 Å². The molecule has 1 aromatic carbocycles. The van der Waals surface area contributed by atoms with E-state index >= 15 is 0 Å². The summed E-state index contributed by atoms with van der Waals surface area (Å²) in [6, 6.07) is 5.25. The van der Waals surface area contributed by atoms with Gasteiger partial charge in [-0.15, -0.1) is 11.8 Å². The van der Waals surface area contributed by atoms with Crippen LogP contribution in [0.3, 0.4) is 0 Å². The molecule has 84 valence electrons. The number of benzene rings is 1. The van der Waals surface area contributed by atoms with Gasteiger partial charge >= 0.3 is 0 Å². The highest BCUT2D eigenvalue weighted by atomic mass is 32.2. The summed E-state index contributed by atoms with van der Waals surface area (Å²) in [5.41, 5.74) is 0.663. The number of thioether (sulfide) groups is 1. The molecule has 0 saturated heterocycles. The highest BCUT2D eigenvalue weighted by Gasteiger charge is 2.18. The van der Waals surface area contributed by atoms with Crippen molar-refractivity contribution in [2.24, 2.45) is 0 Å². The van der Waals surface area contributed by atoms with Crippen molar-refractivity contribution in [3.63, 3.8) is 0 Å². The predicted molar refractivity (Wildman–Crippen MR) is 62.0 cm³/mol. The third kappa shape index (κ3) is 2.96. The maximum atomic E-state index is 11.3. The summed E-state index contributed by atoms with van der Waals surface area (Å²) in [6.45, 7) is 3.81. The molecule has 3 nitrogen and oxygen atoms in total. The molecule has 0 heterocycles. The van der Waals surface area contributed by atoms with E-state index in [1.807, 2.05) is 19.9 Å². The first-order valence-corrected chi connectivity index (χ1v) is 7.15. The molecule has 1 rings (SSSR count). The Kier molecular flexibility index (Phi) is 4.19. The predicted octanol–water partition coefficient (Wildman–Crippen LogP) is 2.61. The molecule has 0 aromatic heterocycles. The summed E-state index contributed by atoms with van der Waals surface area (Å²) in [7, 11) is -4.12. The Labute approximate surface area is 94.6 Å². The van der Waals surface area contributed by atoms with Gasteiger partial charge in [0, 0.05) is 4.90 Å². The Bertz CT molecular complexity index is 438. The molecule has 0 radical (unpaired) electrons. The van der Waals surface area contributed by atoms with Gasteiger partial charge in [-0.2, -0.15) is 8.42 Å². The Hall–Kier alpha value is -0.520. The first-order valence-electron chi connectivity index (χ1n) is 4.72. The molecular formula is C10H14O3S2. The second-order valence-electron chi connectivity index (χ2n) is 3.01. The van der Waals surface area contributed by atoms with E-state index in [1.54, 1.807) is 12.1 Å². The van der Waals surface area contributed by atoms with Crippen LogP contribution in [0.25, 0.3) is 0 Å². The number of hydrogen-bond donors (Lipinski definition) is 1. The first kappa shape index (κ1) is 12.5. The average Bonchev–Trinajstić information content (AvgIpc) is 2.16. The summed E-state index contributed by atoms with van der Waals surface area (Å²) < 4.78 is 31.7. The maximum absolute atomic E-state index is 11.3. The van der Waals surface area contributed by atoms with Crippen LogP contribution < -0.4 is 0 Å². The summed E-state index contributed by atoms with van der Waals surface area (Å²) in [5, 5.41) is 0. The summed E-state index contributed by atoms with van der Waals surface area (Å²) in [5.74, 6) is 0.773. The number of aryl methyl sites for hydroxylation is 1. The van der Waals surface area contributed by atoms with Gasteiger partial charge in [-0.05, 0) is 23.8 Å². The Morgan fingerprint density at radius 2 is 2.00 bits per heavy atom. The molecule has 0 aliphatic heterocycles. The van der Waals surface area contributed by atoms with Crippen molar-refractivity contribution >= 4 is 21.9 Å². The van der Waals surface area contributed by atoms with Gasteiger partial charge in [-0.3, -0.25) is 4.55 Å². The van der Waals surface area contributed by atoms with Gasteiger partial charge in [0.1, 0.15) is 4.90 Å². The fraction of sp³-hybridized carbons (Fsp3) is 0.400. The summed E-state index contributed by atoms with van der Waals surface area (Å²) in [4.78, 5) is 0.693. The van der Waals surface area contributed by atoms with Crippen molar-refractivity contribution in [1.29, 1.82) is 0 Å². The van der Waals surface area contributed by atoms with Crippen molar-refractivity contribution in [3.05, 3.63) is 23.8 Å². The quantitative estimate of drug-likeness (QED) is 0.655. The lowest BCUT2D eigenvalue weighted by atomic mass is 10.2. The molecule has 1 aromatic rings. The Morgan fingerprint density at radius 3 is 2.47 bits per heavy atom. The first-order chi connectivity index (χ1) is 7.00. The van der Waals surface area contributed by atoms with Gasteiger partial charge in [0.25, 0.3) is 10.1 Å². The van der Waals surface area contributed by atoms with E-state index in [9.17, 15) is 8.42 Å². The van der Waals surface area contributed by atoms with Crippen LogP contribution in [0.4, 0.5) is 0 Å². The zero-order chi connectivity index (χ0) is 11.5. The zero-order valence-corrected chi connectivity index (χ0v) is 10.4. The maximum Gasteiger partial charge on any atom is 0.295 e. The van der Waals surface area contributed by atoms with Crippen LogP contribution in [0.15, 0.2) is 28.0 Å². The number of rotatable bonds is 4. The third-order valence-corrected chi connectivity index (χ3v) is 4.07. The molecule has 0 atom stereocenters. The highest BCUT2D eigenvalue weighted by molar-refractivity contribution is 7.99.